The summed E-state index contributed by atoms with van der Waals surface area (Å²) in [4.78, 5) is 4.52. The maximum absolute atomic E-state index is 12.9. The summed E-state index contributed by atoms with van der Waals surface area (Å²) < 4.78 is 49.9. The van der Waals surface area contributed by atoms with Crippen LogP contribution in [0.15, 0.2) is 84.1 Å². The van der Waals surface area contributed by atoms with Gasteiger partial charge in [0.15, 0.2) is 0 Å². The molecule has 0 aliphatic heterocycles. The van der Waals surface area contributed by atoms with Crippen LogP contribution in [0, 0.1) is 20.8 Å². The highest BCUT2D eigenvalue weighted by Crippen LogP contribution is 2.31. The van der Waals surface area contributed by atoms with Gasteiger partial charge in [-0.2, -0.15) is 13.2 Å². The Balaban J connectivity index is 1.85. The third-order valence-electron chi connectivity index (χ3n) is 4.52. The van der Waals surface area contributed by atoms with E-state index in [-0.39, 0.29) is 11.6 Å². The molecule has 0 atom stereocenters. The number of hydrogen-bond donors (Lipinski definition) is 0. The maximum atomic E-state index is 12.9. The molecule has 0 aliphatic carbocycles. The van der Waals surface area contributed by atoms with E-state index < -0.39 is 11.7 Å². The van der Waals surface area contributed by atoms with Crippen molar-refractivity contribution in [2.75, 3.05) is 0 Å². The van der Waals surface area contributed by atoms with E-state index in [4.69, 9.17) is 9.47 Å². The molecule has 31 heavy (non-hydrogen) atoms. The molecule has 0 bridgehead atoms. The summed E-state index contributed by atoms with van der Waals surface area (Å²) in [6, 6.07) is 17.9. The molecule has 0 saturated carbocycles. The number of benzene rings is 3. The van der Waals surface area contributed by atoms with Crippen LogP contribution in [0.1, 0.15) is 22.3 Å². The first-order valence-corrected chi connectivity index (χ1v) is 9.62. The zero-order chi connectivity index (χ0) is 22.4. The molecule has 0 aromatic heterocycles. The molecule has 3 aromatic carbocycles. The number of aryl methyl sites for hydroxylation is 3. The van der Waals surface area contributed by atoms with Crippen LogP contribution >= 0.6 is 0 Å². The monoisotopic (exact) mass is 425 g/mol. The predicted octanol–water partition coefficient (Wildman–Crippen LogP) is 7.33. The fraction of sp³-hybridized carbons (Fsp3) is 0.160. The van der Waals surface area contributed by atoms with E-state index in [9.17, 15) is 13.2 Å². The van der Waals surface area contributed by atoms with E-state index in [0.29, 0.717) is 11.4 Å². The molecule has 0 saturated heterocycles. The first-order chi connectivity index (χ1) is 14.7. The minimum Gasteiger partial charge on any atom is -0.465 e. The first-order valence-electron chi connectivity index (χ1n) is 9.62. The van der Waals surface area contributed by atoms with Gasteiger partial charge in [0.25, 0.3) is 0 Å². The number of rotatable bonds is 5. The number of hydrogen-bond acceptors (Lipinski definition) is 3. The largest absolute Gasteiger partial charge is 0.465 e. The van der Waals surface area contributed by atoms with E-state index in [1.807, 2.05) is 57.2 Å². The second kappa shape index (κ2) is 9.51. The number of ether oxygens (including phenoxy) is 2. The van der Waals surface area contributed by atoms with Gasteiger partial charge in [-0.15, -0.1) is 0 Å². The lowest BCUT2D eigenvalue weighted by molar-refractivity contribution is -0.137. The molecule has 3 rings (SSSR count). The molecule has 6 heteroatoms. The van der Waals surface area contributed by atoms with Crippen molar-refractivity contribution in [3.63, 3.8) is 0 Å². The number of nitrogens with zero attached hydrogens (tertiary/aromatic N) is 1. The van der Waals surface area contributed by atoms with Gasteiger partial charge in [0.1, 0.15) is 11.5 Å². The second-order valence-electron chi connectivity index (χ2n) is 7.08. The van der Waals surface area contributed by atoms with Gasteiger partial charge in [-0.05, 0) is 79.9 Å². The van der Waals surface area contributed by atoms with E-state index in [1.165, 1.54) is 24.5 Å². The highest BCUT2D eigenvalue weighted by molar-refractivity contribution is 5.91. The van der Waals surface area contributed by atoms with Crippen LogP contribution in [0.4, 0.5) is 18.9 Å². The second-order valence-corrected chi connectivity index (χ2v) is 7.08. The summed E-state index contributed by atoms with van der Waals surface area (Å²) in [5, 5.41) is 0. The molecule has 0 heterocycles. The van der Waals surface area contributed by atoms with Crippen molar-refractivity contribution in [1.82, 2.24) is 0 Å². The molecular formula is C25H22F3NO2. The van der Waals surface area contributed by atoms with Crippen molar-refractivity contribution in [3.05, 3.63) is 101 Å². The maximum Gasteiger partial charge on any atom is 0.416 e. The lowest BCUT2D eigenvalue weighted by Crippen LogP contribution is -2.06. The van der Waals surface area contributed by atoms with Gasteiger partial charge in [-0.3, -0.25) is 0 Å². The minimum absolute atomic E-state index is 0.0622. The lowest BCUT2D eigenvalue weighted by Gasteiger charge is -2.09. The third kappa shape index (κ3) is 6.47. The Morgan fingerprint density at radius 2 is 1.58 bits per heavy atom. The molecule has 0 fully saturated rings. The third-order valence-corrected chi connectivity index (χ3v) is 4.52. The van der Waals surface area contributed by atoms with Gasteiger partial charge in [0.2, 0.25) is 5.90 Å². The number of halogens is 3. The number of alkyl halides is 3. The van der Waals surface area contributed by atoms with E-state index in [0.717, 1.165) is 28.8 Å². The van der Waals surface area contributed by atoms with Crippen LogP contribution in [-0.4, -0.2) is 5.90 Å². The van der Waals surface area contributed by atoms with Gasteiger partial charge in [-0.1, -0.05) is 24.3 Å². The highest BCUT2D eigenvalue weighted by atomic mass is 19.4. The predicted molar refractivity (Wildman–Crippen MR) is 116 cm³/mol. The van der Waals surface area contributed by atoms with Crippen LogP contribution < -0.4 is 9.47 Å². The number of aliphatic imine (C=N–C) groups is 1. The van der Waals surface area contributed by atoms with E-state index in [1.54, 1.807) is 6.07 Å². The summed E-state index contributed by atoms with van der Waals surface area (Å²) in [6.45, 7) is 5.94. The average molecular weight is 425 g/mol. The fourth-order valence-electron chi connectivity index (χ4n) is 2.73. The molecule has 3 aromatic rings. The molecule has 0 spiro atoms. The Labute approximate surface area is 179 Å². The Morgan fingerprint density at radius 1 is 0.839 bits per heavy atom. The van der Waals surface area contributed by atoms with Crippen LogP contribution in [-0.2, 0) is 6.18 Å². The smallest absolute Gasteiger partial charge is 0.416 e. The van der Waals surface area contributed by atoms with Crippen molar-refractivity contribution < 1.29 is 22.6 Å². The van der Waals surface area contributed by atoms with Crippen molar-refractivity contribution in [2.24, 2.45) is 4.99 Å². The molecule has 160 valence electrons. The molecule has 0 amide bonds. The molecule has 0 aliphatic rings. The van der Waals surface area contributed by atoms with E-state index in [2.05, 4.69) is 4.99 Å². The van der Waals surface area contributed by atoms with Gasteiger partial charge >= 0.3 is 6.18 Å². The fourth-order valence-corrected chi connectivity index (χ4v) is 2.73. The first kappa shape index (κ1) is 22.2. The van der Waals surface area contributed by atoms with Crippen LogP contribution in [0.3, 0.4) is 0 Å². The van der Waals surface area contributed by atoms with Crippen LogP contribution in [0.2, 0.25) is 0 Å². The van der Waals surface area contributed by atoms with Crippen molar-refractivity contribution >= 4 is 11.6 Å². The van der Waals surface area contributed by atoms with Crippen molar-refractivity contribution in [1.29, 1.82) is 0 Å². The zero-order valence-corrected chi connectivity index (χ0v) is 17.4. The summed E-state index contributed by atoms with van der Waals surface area (Å²) in [6.07, 6.45) is -1.71. The Hall–Kier alpha value is -3.54. The molecular weight excluding hydrogens is 403 g/mol. The van der Waals surface area contributed by atoms with Gasteiger partial charge < -0.3 is 9.47 Å². The quantitative estimate of drug-likeness (QED) is 0.243. The normalized spacial score (nSPS) is 12.3. The minimum atomic E-state index is -4.44. The average Bonchev–Trinajstić information content (AvgIpc) is 2.70. The molecule has 0 radical (unpaired) electrons. The van der Waals surface area contributed by atoms with Gasteiger partial charge in [-0.25, -0.2) is 4.99 Å². The molecule has 0 unspecified atom stereocenters. The summed E-state index contributed by atoms with van der Waals surface area (Å²) >= 11 is 0. The van der Waals surface area contributed by atoms with Crippen LogP contribution in [0.25, 0.3) is 0 Å². The van der Waals surface area contributed by atoms with Gasteiger partial charge in [0, 0.05) is 6.08 Å². The summed E-state index contributed by atoms with van der Waals surface area (Å²) in [7, 11) is 0. The van der Waals surface area contributed by atoms with Crippen molar-refractivity contribution in [3.8, 4) is 11.5 Å². The standard InChI is InChI=1S/C25H22F3NO2/c1-17-6-4-9-23(14-17)31-24(29-21-11-10-18(2)19(3)15-21)12-13-30-22-8-5-7-20(16-22)25(26,27)28/h4-16H,1-3H3. The molecule has 0 N–H and O–H groups in total. The zero-order valence-electron chi connectivity index (χ0n) is 17.4. The SMILES string of the molecule is Cc1cccc(OC(C=COc2cccc(C(F)(F)F)c2)=Nc2ccc(C)c(C)c2)c1. The Kier molecular flexibility index (Phi) is 6.80. The Morgan fingerprint density at radius 3 is 2.29 bits per heavy atom. The van der Waals surface area contributed by atoms with Crippen LogP contribution in [0.5, 0.6) is 11.5 Å². The Bertz CT molecular complexity index is 1120. The van der Waals surface area contributed by atoms with E-state index >= 15 is 0 Å². The lowest BCUT2D eigenvalue weighted by atomic mass is 10.1. The van der Waals surface area contributed by atoms with Crippen molar-refractivity contribution in [2.45, 2.75) is 26.9 Å². The van der Waals surface area contributed by atoms with Gasteiger partial charge in [0.05, 0.1) is 17.5 Å². The highest BCUT2D eigenvalue weighted by Gasteiger charge is 2.30. The summed E-state index contributed by atoms with van der Waals surface area (Å²) in [5.41, 5.74) is 3.16. The topological polar surface area (TPSA) is 30.8 Å². The molecule has 3 nitrogen and oxygen atoms in total. The summed E-state index contributed by atoms with van der Waals surface area (Å²) in [5.74, 6) is 0.888.